The summed E-state index contributed by atoms with van der Waals surface area (Å²) in [7, 11) is 0. The fourth-order valence-electron chi connectivity index (χ4n) is 6.25. The summed E-state index contributed by atoms with van der Waals surface area (Å²) in [5.74, 6) is -1.89. The number of aliphatic hydroxyl groups is 3. The number of carbonyl (C=O) groups is 2. The van der Waals surface area contributed by atoms with E-state index in [0.717, 1.165) is 0 Å². The maximum atomic E-state index is 12.8. The Kier molecular flexibility index (Phi) is 3.22. The molecule has 2 saturated heterocycles. The molecule has 0 amide bonds. The summed E-state index contributed by atoms with van der Waals surface area (Å²) in [6.07, 6.45) is -4.90. The summed E-state index contributed by atoms with van der Waals surface area (Å²) < 4.78 is 17.0. The van der Waals surface area contributed by atoms with Gasteiger partial charge in [-0.15, -0.1) is 11.6 Å². The molecule has 148 valence electrons. The second kappa shape index (κ2) is 4.86. The van der Waals surface area contributed by atoms with Crippen molar-refractivity contribution in [3.05, 3.63) is 11.6 Å². The predicted octanol–water partition coefficient (Wildman–Crippen LogP) is -0.733. The van der Waals surface area contributed by atoms with Crippen LogP contribution in [-0.2, 0) is 23.8 Å². The van der Waals surface area contributed by atoms with E-state index < -0.39 is 76.3 Å². The Labute approximate surface area is 160 Å². The largest absolute Gasteiger partial charge is 0.459 e. The van der Waals surface area contributed by atoms with Crippen LogP contribution in [0.2, 0.25) is 0 Å². The number of cyclic esters (lactones) is 1. The topological polar surface area (TPSA) is 126 Å². The van der Waals surface area contributed by atoms with Crippen LogP contribution in [0.1, 0.15) is 20.8 Å². The summed E-state index contributed by atoms with van der Waals surface area (Å²) in [5.41, 5.74) is -3.16. The van der Waals surface area contributed by atoms with Crippen LogP contribution in [0.15, 0.2) is 11.6 Å². The number of ether oxygens (including phenoxy) is 3. The van der Waals surface area contributed by atoms with Crippen molar-refractivity contribution in [1.29, 1.82) is 0 Å². The molecule has 27 heavy (non-hydrogen) atoms. The number of esters is 2. The SMILES string of the molecule is C[C@@H](O)[C@H]1OC(=O)C=C2[C@]3(C)[C@H]4[C@H](OC(=O)[C@@]4(C)[C@@H](O)[C@@H](O)[C@@H]3Cl)[C@H]3O[C@@]231. The Balaban J connectivity index is 1.77. The van der Waals surface area contributed by atoms with Crippen molar-refractivity contribution < 1.29 is 39.1 Å². The molecule has 3 aliphatic heterocycles. The number of epoxide rings is 1. The molecule has 0 aromatic heterocycles. The summed E-state index contributed by atoms with van der Waals surface area (Å²) in [4.78, 5) is 25.0. The molecule has 5 aliphatic rings. The normalized spacial score (nSPS) is 58.9. The van der Waals surface area contributed by atoms with Crippen molar-refractivity contribution in [3.8, 4) is 0 Å². The molecule has 0 radical (unpaired) electrons. The van der Waals surface area contributed by atoms with E-state index in [0.29, 0.717) is 5.57 Å². The minimum absolute atomic E-state index is 0.485. The lowest BCUT2D eigenvalue weighted by Crippen LogP contribution is -2.70. The number of hydrogen-bond donors (Lipinski definition) is 3. The first-order chi connectivity index (χ1) is 12.5. The Morgan fingerprint density at radius 3 is 2.48 bits per heavy atom. The maximum absolute atomic E-state index is 12.8. The molecule has 0 aromatic carbocycles. The Morgan fingerprint density at radius 2 is 1.85 bits per heavy atom. The van der Waals surface area contributed by atoms with Crippen molar-refractivity contribution >= 4 is 23.5 Å². The molecule has 5 rings (SSSR count). The highest BCUT2D eigenvalue weighted by Gasteiger charge is 2.86. The highest BCUT2D eigenvalue weighted by molar-refractivity contribution is 6.22. The Morgan fingerprint density at radius 1 is 1.19 bits per heavy atom. The van der Waals surface area contributed by atoms with Gasteiger partial charge in [0, 0.05) is 17.4 Å². The molecule has 9 heteroatoms. The van der Waals surface area contributed by atoms with Crippen LogP contribution in [0.4, 0.5) is 0 Å². The van der Waals surface area contributed by atoms with Crippen LogP contribution in [0, 0.1) is 16.7 Å². The lowest BCUT2D eigenvalue weighted by atomic mass is 9.45. The Hall–Kier alpha value is -1.19. The summed E-state index contributed by atoms with van der Waals surface area (Å²) in [5, 5.41) is 30.6. The molecule has 8 nitrogen and oxygen atoms in total. The van der Waals surface area contributed by atoms with Crippen LogP contribution in [0.25, 0.3) is 0 Å². The molecular formula is C18H21ClO8. The second-order valence-electron chi connectivity index (χ2n) is 8.74. The zero-order chi connectivity index (χ0) is 19.7. The van der Waals surface area contributed by atoms with Gasteiger partial charge in [0.15, 0.2) is 11.7 Å². The minimum atomic E-state index is -1.42. The van der Waals surface area contributed by atoms with Gasteiger partial charge in [0.1, 0.15) is 17.6 Å². The van der Waals surface area contributed by atoms with Gasteiger partial charge in [-0.3, -0.25) is 4.79 Å². The number of hydrogen-bond acceptors (Lipinski definition) is 8. The van der Waals surface area contributed by atoms with E-state index in [9.17, 15) is 24.9 Å². The molecular weight excluding hydrogens is 380 g/mol. The van der Waals surface area contributed by atoms with E-state index in [1.54, 1.807) is 13.8 Å². The third kappa shape index (κ3) is 1.67. The first-order valence-corrected chi connectivity index (χ1v) is 9.46. The number of rotatable bonds is 1. The molecule has 2 saturated carbocycles. The van der Waals surface area contributed by atoms with E-state index in [4.69, 9.17) is 25.8 Å². The molecule has 3 N–H and O–H groups in total. The van der Waals surface area contributed by atoms with Crippen LogP contribution in [0.5, 0.6) is 0 Å². The van der Waals surface area contributed by atoms with Crippen molar-refractivity contribution in [2.24, 2.45) is 16.7 Å². The lowest BCUT2D eigenvalue weighted by Gasteiger charge is -2.58. The lowest BCUT2D eigenvalue weighted by molar-refractivity contribution is -0.173. The van der Waals surface area contributed by atoms with Gasteiger partial charge in [0.2, 0.25) is 0 Å². The zero-order valence-electron chi connectivity index (χ0n) is 15.0. The third-order valence-corrected chi connectivity index (χ3v) is 8.18. The molecule has 0 bridgehead atoms. The van der Waals surface area contributed by atoms with E-state index in [1.165, 1.54) is 13.0 Å². The highest BCUT2D eigenvalue weighted by Crippen LogP contribution is 2.73. The summed E-state index contributed by atoms with van der Waals surface area (Å²) in [6.45, 7) is 4.80. The summed E-state index contributed by atoms with van der Waals surface area (Å²) >= 11 is 6.63. The molecule has 0 aromatic rings. The van der Waals surface area contributed by atoms with E-state index in [1.807, 2.05) is 0 Å². The van der Waals surface area contributed by atoms with Gasteiger partial charge in [-0.05, 0) is 19.4 Å². The van der Waals surface area contributed by atoms with Gasteiger partial charge < -0.3 is 29.5 Å². The van der Waals surface area contributed by atoms with Crippen LogP contribution < -0.4 is 0 Å². The average molecular weight is 401 g/mol. The third-order valence-electron chi connectivity index (χ3n) is 7.47. The zero-order valence-corrected chi connectivity index (χ0v) is 15.7. The van der Waals surface area contributed by atoms with Gasteiger partial charge in [-0.2, -0.15) is 0 Å². The standard InChI is InChI=1S/C18H21ClO8/c1-5(20)13-18-6(4-7(21)25-13)16(2)10-9(14(18)27-18)26-15(24)17(10,3)12(23)8(22)11(16)19/h4-5,8-14,20,22-23H,1-3H3/t5-,8+,9+,10-,11+,12+,13-,14-,16-,17-,18-/m1/s1. The van der Waals surface area contributed by atoms with Crippen LogP contribution in [0.3, 0.4) is 0 Å². The van der Waals surface area contributed by atoms with Crippen molar-refractivity contribution in [2.75, 3.05) is 0 Å². The molecule has 3 heterocycles. The van der Waals surface area contributed by atoms with Crippen molar-refractivity contribution in [3.63, 3.8) is 0 Å². The molecule has 11 atom stereocenters. The van der Waals surface area contributed by atoms with Gasteiger partial charge in [0.25, 0.3) is 0 Å². The van der Waals surface area contributed by atoms with E-state index >= 15 is 0 Å². The second-order valence-corrected chi connectivity index (χ2v) is 9.21. The molecule has 4 fully saturated rings. The smallest absolute Gasteiger partial charge is 0.331 e. The summed E-state index contributed by atoms with van der Waals surface area (Å²) in [6, 6.07) is 0. The van der Waals surface area contributed by atoms with Crippen LogP contribution >= 0.6 is 11.6 Å². The molecule has 2 aliphatic carbocycles. The van der Waals surface area contributed by atoms with Gasteiger partial charge in [0.05, 0.1) is 23.7 Å². The average Bonchev–Trinajstić information content (AvgIpc) is 3.27. The number of fused-ring (bicyclic) bond motifs is 2. The fourth-order valence-corrected chi connectivity index (χ4v) is 6.64. The molecule has 1 spiro atoms. The number of halogens is 1. The van der Waals surface area contributed by atoms with Gasteiger partial charge in [-0.1, -0.05) is 6.92 Å². The number of aliphatic hydroxyl groups excluding tert-OH is 3. The molecule has 0 unspecified atom stereocenters. The quantitative estimate of drug-likeness (QED) is 0.299. The van der Waals surface area contributed by atoms with E-state index in [-0.39, 0.29) is 0 Å². The van der Waals surface area contributed by atoms with Gasteiger partial charge >= 0.3 is 11.9 Å². The minimum Gasteiger partial charge on any atom is -0.459 e. The fraction of sp³-hybridized carbons (Fsp3) is 0.778. The van der Waals surface area contributed by atoms with Gasteiger partial charge in [-0.25, -0.2) is 4.79 Å². The van der Waals surface area contributed by atoms with E-state index in [2.05, 4.69) is 0 Å². The predicted molar refractivity (Wildman–Crippen MR) is 88.5 cm³/mol. The first kappa shape index (κ1) is 17.9. The number of alkyl halides is 1. The highest BCUT2D eigenvalue weighted by atomic mass is 35.5. The first-order valence-electron chi connectivity index (χ1n) is 9.02. The Bertz CT molecular complexity index is 796. The van der Waals surface area contributed by atoms with Crippen LogP contribution in [-0.4, -0.2) is 74.9 Å². The van der Waals surface area contributed by atoms with Crippen molar-refractivity contribution in [1.82, 2.24) is 0 Å². The monoisotopic (exact) mass is 400 g/mol. The maximum Gasteiger partial charge on any atom is 0.331 e. The van der Waals surface area contributed by atoms with Crippen molar-refractivity contribution in [2.45, 2.75) is 68.4 Å². The number of carbonyl (C=O) groups excluding carboxylic acids is 2.